The summed E-state index contributed by atoms with van der Waals surface area (Å²) in [5.74, 6) is 0. The Labute approximate surface area is 290 Å². The van der Waals surface area contributed by atoms with Crippen molar-refractivity contribution in [2.45, 2.75) is 74.3 Å². The molecule has 0 heterocycles. The van der Waals surface area contributed by atoms with E-state index in [9.17, 15) is 83.6 Å². The second-order valence-electron chi connectivity index (χ2n) is 10.8. The van der Waals surface area contributed by atoms with Crippen LogP contribution in [0.25, 0.3) is 0 Å². The van der Waals surface area contributed by atoms with Crippen LogP contribution in [0.4, 0.5) is 11.4 Å². The van der Waals surface area contributed by atoms with Crippen molar-refractivity contribution < 1.29 is 93.8 Å². The average Bonchev–Trinajstić information content (AvgIpc) is 3.05. The monoisotopic (exact) mass is 815 g/mol. The summed E-state index contributed by atoms with van der Waals surface area (Å²) in [6, 6.07) is 5.02. The van der Waals surface area contributed by atoms with Gasteiger partial charge in [-0.15, -0.1) is 0 Å². The largest absolute Gasteiger partial charge is 0.394 e. The fraction of sp³-hybridized carbons (Fsp3) is 0.500. The Hall–Kier alpha value is -2.68. The van der Waals surface area contributed by atoms with Gasteiger partial charge in [-0.1, -0.05) is 0 Å². The van der Waals surface area contributed by atoms with Gasteiger partial charge >= 0.3 is 0 Å². The fourth-order valence-electron chi connectivity index (χ4n) is 4.33. The molecule has 0 fully saturated rings. The first kappa shape index (κ1) is 44.5. The predicted molar refractivity (Wildman–Crippen MR) is 170 cm³/mol. The quantitative estimate of drug-likeness (QED) is 0.0586. The van der Waals surface area contributed by atoms with Gasteiger partial charge in [0.1, 0.15) is 53.7 Å². The van der Waals surface area contributed by atoms with Gasteiger partial charge in [0, 0.05) is 11.4 Å². The first-order chi connectivity index (χ1) is 23.2. The molecule has 292 valence electrons. The Balaban J connectivity index is 2.51. The van der Waals surface area contributed by atoms with E-state index in [4.69, 9.17) is 15.4 Å². The molecule has 0 saturated heterocycles. The van der Waals surface area contributed by atoms with Gasteiger partial charge in [0.15, 0.2) is 10.7 Å². The molecule has 27 heteroatoms. The predicted octanol–water partition coefficient (Wildman–Crippen LogP) is -6.71. The molecule has 51 heavy (non-hydrogen) atoms. The number of anilines is 2. The number of sulfonamides is 1. The zero-order valence-electron chi connectivity index (χ0n) is 25.6. The minimum Gasteiger partial charge on any atom is -0.394 e. The molecule has 0 spiro atoms. The maximum Gasteiger partial charge on any atom is 0.288 e. The highest BCUT2D eigenvalue weighted by Gasteiger charge is 2.42. The van der Waals surface area contributed by atoms with Crippen molar-refractivity contribution >= 4 is 51.5 Å². The minimum absolute atomic E-state index is 0.361. The Morgan fingerprint density at radius 1 is 0.529 bits per heavy atom. The van der Waals surface area contributed by atoms with E-state index >= 15 is 0 Å². The molecule has 0 aliphatic carbocycles. The van der Waals surface area contributed by atoms with E-state index in [0.29, 0.717) is 12.1 Å². The number of benzene rings is 2. The van der Waals surface area contributed by atoms with Gasteiger partial charge in [0.05, 0.1) is 23.0 Å². The Bertz CT molecular complexity index is 1930. The molecule has 16 N–H and O–H groups in total. The van der Waals surface area contributed by atoms with Crippen LogP contribution in [0.3, 0.4) is 0 Å². The number of sulfone groups is 1. The standard InChI is InChI=1S/C24H37N3O20S4/c25-49(40,41)16-7-11(27-24(51(45,46)47)22(37)20(35)18(33)14(31)9-29)3-6-15(16)48(38,39)12-4-1-10(2-5-12)26-23(50(42,43)44)21(36)19(34)17(32)13(30)8-28/h1-7,13-14,17-24,26-37H,8-9H2,(H2,25,40,41)(H,42,43,44)(H,45,46,47). The van der Waals surface area contributed by atoms with Crippen LogP contribution < -0.4 is 15.8 Å². The van der Waals surface area contributed by atoms with Crippen LogP contribution in [0.5, 0.6) is 0 Å². The molecule has 0 aromatic heterocycles. The third-order valence-electron chi connectivity index (χ3n) is 7.15. The van der Waals surface area contributed by atoms with E-state index in [2.05, 4.69) is 5.32 Å². The number of nitrogens with two attached hydrogens (primary N) is 1. The maximum atomic E-state index is 13.5. The number of nitrogens with one attached hydrogen (secondary N) is 2. The topological polar surface area (TPSA) is 429 Å². The third kappa shape index (κ3) is 10.9. The van der Waals surface area contributed by atoms with Crippen molar-refractivity contribution in [2.24, 2.45) is 5.14 Å². The molecule has 23 nitrogen and oxygen atoms in total. The smallest absolute Gasteiger partial charge is 0.288 e. The van der Waals surface area contributed by atoms with Crippen LogP contribution in [0.15, 0.2) is 57.2 Å². The first-order valence-electron chi connectivity index (χ1n) is 13.8. The van der Waals surface area contributed by atoms with E-state index in [1.54, 1.807) is 0 Å². The van der Waals surface area contributed by atoms with Crippen molar-refractivity contribution in [3.8, 4) is 0 Å². The summed E-state index contributed by atoms with van der Waals surface area (Å²) in [6.07, 6.45) is -19.0. The molecule has 2 rings (SSSR count). The lowest BCUT2D eigenvalue weighted by Crippen LogP contribution is -2.54. The Morgan fingerprint density at radius 2 is 0.902 bits per heavy atom. The summed E-state index contributed by atoms with van der Waals surface area (Å²) >= 11 is 0. The summed E-state index contributed by atoms with van der Waals surface area (Å²) in [4.78, 5) is -2.93. The molecule has 0 saturated carbocycles. The molecular weight excluding hydrogens is 779 g/mol. The fourth-order valence-corrected chi connectivity index (χ4v) is 8.57. The average molecular weight is 816 g/mol. The summed E-state index contributed by atoms with van der Waals surface area (Å²) in [6.45, 7) is -2.26. The summed E-state index contributed by atoms with van der Waals surface area (Å²) < 4.78 is 119. The lowest BCUT2D eigenvalue weighted by Gasteiger charge is -2.30. The van der Waals surface area contributed by atoms with Crippen LogP contribution in [0.1, 0.15) is 0 Å². The van der Waals surface area contributed by atoms with Gasteiger partial charge in [0.2, 0.25) is 19.9 Å². The lowest BCUT2D eigenvalue weighted by molar-refractivity contribution is -0.114. The first-order valence-corrected chi connectivity index (χ1v) is 19.9. The van der Waals surface area contributed by atoms with E-state index in [-0.39, 0.29) is 5.69 Å². The summed E-state index contributed by atoms with van der Waals surface area (Å²) in [5, 5.41) is 101. The van der Waals surface area contributed by atoms with Crippen LogP contribution in [0, 0.1) is 0 Å². The zero-order chi connectivity index (χ0) is 39.4. The molecule has 10 unspecified atom stereocenters. The molecule has 0 bridgehead atoms. The number of hydrogen-bond donors (Lipinski definition) is 15. The second kappa shape index (κ2) is 17.0. The maximum absolute atomic E-state index is 13.5. The van der Waals surface area contributed by atoms with Crippen LogP contribution in [0.2, 0.25) is 0 Å². The molecule has 0 radical (unpaired) electrons. The van der Waals surface area contributed by atoms with Gasteiger partial charge in [-0.3, -0.25) is 9.11 Å². The van der Waals surface area contributed by atoms with Gasteiger partial charge in [-0.2, -0.15) is 16.8 Å². The molecule has 0 aliphatic heterocycles. The van der Waals surface area contributed by atoms with Crippen molar-refractivity contribution in [3.63, 3.8) is 0 Å². The molecular formula is C24H37N3O20S4. The molecule has 0 amide bonds. The second-order valence-corrected chi connectivity index (χ2v) is 17.4. The number of aliphatic hydroxyl groups excluding tert-OH is 10. The highest BCUT2D eigenvalue weighted by molar-refractivity contribution is 7.93. The normalized spacial score (nSPS) is 19.1. The van der Waals surface area contributed by atoms with E-state index in [1.165, 1.54) is 0 Å². The lowest BCUT2D eigenvalue weighted by atomic mass is 10.0. The summed E-state index contributed by atoms with van der Waals surface area (Å²) in [5.41, 5.74) is -1.02. The highest BCUT2D eigenvalue weighted by atomic mass is 32.2. The van der Waals surface area contributed by atoms with Crippen molar-refractivity contribution in [1.29, 1.82) is 0 Å². The minimum atomic E-state index is -5.44. The van der Waals surface area contributed by atoms with Crippen LogP contribution >= 0.6 is 0 Å². The number of primary sulfonamides is 1. The van der Waals surface area contributed by atoms with Crippen molar-refractivity contribution in [1.82, 2.24) is 0 Å². The van der Waals surface area contributed by atoms with Gasteiger partial charge in [0.25, 0.3) is 20.2 Å². The Kier molecular flexibility index (Phi) is 14.8. The van der Waals surface area contributed by atoms with Gasteiger partial charge < -0.3 is 61.7 Å². The number of rotatable bonds is 19. The van der Waals surface area contributed by atoms with Crippen LogP contribution in [-0.4, -0.2) is 167 Å². The summed E-state index contributed by atoms with van der Waals surface area (Å²) in [7, 11) is -20.7. The van der Waals surface area contributed by atoms with E-state index < -0.39 is 133 Å². The molecule has 0 aliphatic rings. The van der Waals surface area contributed by atoms with E-state index in [1.807, 2.05) is 5.32 Å². The highest BCUT2D eigenvalue weighted by Crippen LogP contribution is 2.31. The molecule has 10 atom stereocenters. The zero-order valence-corrected chi connectivity index (χ0v) is 28.8. The third-order valence-corrected chi connectivity index (χ3v) is 12.1. The SMILES string of the molecule is NS(=O)(=O)c1cc(NC(C(O)C(O)C(O)C(O)CO)S(=O)(=O)O)ccc1S(=O)(=O)c1ccc(NC(C(O)C(O)C(O)C(O)CO)S(=O)(=O)O)cc1. The van der Waals surface area contributed by atoms with Crippen molar-refractivity contribution in [3.05, 3.63) is 42.5 Å². The van der Waals surface area contributed by atoms with Gasteiger partial charge in [-0.25, -0.2) is 22.0 Å². The van der Waals surface area contributed by atoms with Crippen LogP contribution in [-0.2, 0) is 40.1 Å². The number of hydrogen-bond acceptors (Lipinski definition) is 20. The van der Waals surface area contributed by atoms with Gasteiger partial charge in [-0.05, 0) is 42.5 Å². The van der Waals surface area contributed by atoms with E-state index in [0.717, 1.165) is 30.3 Å². The van der Waals surface area contributed by atoms with Crippen molar-refractivity contribution in [2.75, 3.05) is 23.8 Å². The molecule has 2 aromatic carbocycles. The Morgan fingerprint density at radius 3 is 1.25 bits per heavy atom. The number of aliphatic hydroxyl groups is 10. The molecule has 2 aromatic rings.